The first-order chi connectivity index (χ1) is 8.79. The summed E-state index contributed by atoms with van der Waals surface area (Å²) in [5.74, 6) is -2.32. The van der Waals surface area contributed by atoms with E-state index in [1.807, 2.05) is 0 Å². The average Bonchev–Trinajstić information content (AvgIpc) is 2.76. The zero-order valence-electron chi connectivity index (χ0n) is 9.08. The molecule has 0 saturated carbocycles. The number of benzene rings is 1. The number of halogens is 5. The second-order valence-electron chi connectivity index (χ2n) is 3.60. The summed E-state index contributed by atoms with van der Waals surface area (Å²) in [6.07, 6.45) is -4.73. The molecule has 0 spiro atoms. The molecule has 1 aromatic carbocycles. The first-order valence-electron chi connectivity index (χ1n) is 4.90. The second kappa shape index (κ2) is 4.89. The summed E-state index contributed by atoms with van der Waals surface area (Å²) in [7, 11) is 0. The van der Waals surface area contributed by atoms with Crippen molar-refractivity contribution in [2.75, 3.05) is 0 Å². The minimum absolute atomic E-state index is 0.304. The van der Waals surface area contributed by atoms with Crippen molar-refractivity contribution in [2.45, 2.75) is 12.2 Å². The molecule has 1 atom stereocenters. The predicted molar refractivity (Wildman–Crippen MR) is 59.4 cm³/mol. The smallest absolute Gasteiger partial charge is 0.329 e. The molecule has 0 bridgehead atoms. The van der Waals surface area contributed by atoms with Crippen LogP contribution in [0.4, 0.5) is 17.6 Å². The molecule has 9 heteroatoms. The quantitative estimate of drug-likeness (QED) is 0.854. The van der Waals surface area contributed by atoms with Crippen molar-refractivity contribution in [3.8, 4) is 0 Å². The molecule has 0 saturated heterocycles. The van der Waals surface area contributed by atoms with Crippen molar-refractivity contribution in [3.05, 3.63) is 45.8 Å². The third-order valence-corrected chi connectivity index (χ3v) is 2.95. The molecule has 0 amide bonds. The number of hydrogen-bond donors (Lipinski definition) is 1. The topological polar surface area (TPSA) is 64.9 Å². The molecule has 4 nitrogen and oxygen atoms in total. The number of nitrogens with two attached hydrogens (primary N) is 1. The fraction of sp³-hybridized carbons (Fsp3) is 0.200. The lowest BCUT2D eigenvalue weighted by atomic mass is 10.1. The highest BCUT2D eigenvalue weighted by molar-refractivity contribution is 9.10. The van der Waals surface area contributed by atoms with Crippen molar-refractivity contribution < 1.29 is 22.1 Å². The van der Waals surface area contributed by atoms with Gasteiger partial charge in [-0.2, -0.15) is 18.2 Å². The van der Waals surface area contributed by atoms with E-state index in [0.29, 0.717) is 10.0 Å². The Hall–Kier alpha value is -1.48. The van der Waals surface area contributed by atoms with Crippen molar-refractivity contribution >= 4 is 15.9 Å². The highest BCUT2D eigenvalue weighted by atomic mass is 79.9. The maximum Gasteiger partial charge on any atom is 0.471 e. The molecule has 1 unspecified atom stereocenters. The van der Waals surface area contributed by atoms with E-state index >= 15 is 0 Å². The number of hydrogen-bond acceptors (Lipinski definition) is 4. The summed E-state index contributed by atoms with van der Waals surface area (Å²) in [6, 6.07) is 2.54. The summed E-state index contributed by atoms with van der Waals surface area (Å²) in [4.78, 5) is 3.18. The predicted octanol–water partition coefficient (Wildman–Crippen LogP) is 3.04. The van der Waals surface area contributed by atoms with Crippen molar-refractivity contribution in [3.63, 3.8) is 0 Å². The normalized spacial score (nSPS) is 13.6. The summed E-state index contributed by atoms with van der Waals surface area (Å²) in [5.41, 5.74) is 6.06. The molecule has 0 fully saturated rings. The lowest BCUT2D eigenvalue weighted by Gasteiger charge is -2.09. The second-order valence-corrected chi connectivity index (χ2v) is 4.45. The van der Waals surface area contributed by atoms with E-state index < -0.39 is 23.9 Å². The fourth-order valence-corrected chi connectivity index (χ4v) is 1.97. The highest BCUT2D eigenvalue weighted by Gasteiger charge is 2.39. The number of aromatic nitrogens is 2. The van der Waals surface area contributed by atoms with Gasteiger partial charge in [0, 0.05) is 4.47 Å². The molecule has 102 valence electrons. The number of rotatable bonds is 2. The zero-order valence-corrected chi connectivity index (χ0v) is 10.7. The van der Waals surface area contributed by atoms with Crippen LogP contribution in [0.25, 0.3) is 0 Å². The van der Waals surface area contributed by atoms with Gasteiger partial charge in [0.15, 0.2) is 5.82 Å². The minimum Gasteiger partial charge on any atom is -0.329 e. The van der Waals surface area contributed by atoms with Crippen LogP contribution in [-0.4, -0.2) is 10.1 Å². The van der Waals surface area contributed by atoms with Crippen molar-refractivity contribution in [2.24, 2.45) is 5.73 Å². The first-order valence-corrected chi connectivity index (χ1v) is 5.69. The van der Waals surface area contributed by atoms with E-state index in [1.54, 1.807) is 0 Å². The van der Waals surface area contributed by atoms with Gasteiger partial charge in [-0.1, -0.05) is 27.2 Å². The molecule has 0 aliphatic carbocycles. The Balaban J connectivity index is 2.34. The molecule has 2 N–H and O–H groups in total. The molecule has 1 aromatic heterocycles. The molecular formula is C10H6BrF4N3O. The van der Waals surface area contributed by atoms with Gasteiger partial charge in [0.25, 0.3) is 0 Å². The Kier molecular flexibility index (Phi) is 3.59. The largest absolute Gasteiger partial charge is 0.471 e. The van der Waals surface area contributed by atoms with Gasteiger partial charge in [-0.15, -0.1) is 0 Å². The van der Waals surface area contributed by atoms with E-state index in [2.05, 4.69) is 30.6 Å². The molecule has 0 radical (unpaired) electrons. The minimum atomic E-state index is -4.73. The van der Waals surface area contributed by atoms with Crippen molar-refractivity contribution in [1.29, 1.82) is 0 Å². The fourth-order valence-electron chi connectivity index (χ4n) is 1.37. The molecule has 0 aliphatic rings. The van der Waals surface area contributed by atoms with Gasteiger partial charge in [-0.05, 0) is 17.7 Å². The maximum absolute atomic E-state index is 12.9. The van der Waals surface area contributed by atoms with Crippen LogP contribution < -0.4 is 5.73 Å². The monoisotopic (exact) mass is 339 g/mol. The Labute approximate surface area is 112 Å². The van der Waals surface area contributed by atoms with Gasteiger partial charge >= 0.3 is 12.1 Å². The van der Waals surface area contributed by atoms with Crippen LogP contribution in [0.1, 0.15) is 23.3 Å². The van der Waals surface area contributed by atoms with Crippen LogP contribution in [0.15, 0.2) is 27.2 Å². The van der Waals surface area contributed by atoms with Crippen LogP contribution in [0.5, 0.6) is 0 Å². The van der Waals surface area contributed by atoms with E-state index in [1.165, 1.54) is 6.07 Å². The standard InChI is InChI=1S/C10H6BrF4N3O/c11-6-3-4(12)1-2-5(6)7(16)8-17-9(19-18-8)10(13,14)15/h1-3,7H,16H2. The summed E-state index contributed by atoms with van der Waals surface area (Å²) >= 11 is 3.06. The van der Waals surface area contributed by atoms with Gasteiger partial charge < -0.3 is 10.3 Å². The lowest BCUT2D eigenvalue weighted by Crippen LogP contribution is -2.15. The Morgan fingerprint density at radius 2 is 2.00 bits per heavy atom. The Bertz CT molecular complexity index is 599. The van der Waals surface area contributed by atoms with Gasteiger partial charge in [-0.25, -0.2) is 4.39 Å². The first kappa shape index (κ1) is 13.9. The molecule has 19 heavy (non-hydrogen) atoms. The van der Waals surface area contributed by atoms with Gasteiger partial charge in [0.2, 0.25) is 0 Å². The molecule has 0 aliphatic heterocycles. The van der Waals surface area contributed by atoms with Crippen LogP contribution >= 0.6 is 15.9 Å². The zero-order chi connectivity index (χ0) is 14.2. The third kappa shape index (κ3) is 2.92. The molecular weight excluding hydrogens is 334 g/mol. The number of alkyl halides is 3. The number of nitrogens with zero attached hydrogens (tertiary/aromatic N) is 2. The van der Waals surface area contributed by atoms with Crippen molar-refractivity contribution in [1.82, 2.24) is 10.1 Å². The molecule has 2 aromatic rings. The van der Waals surface area contributed by atoms with E-state index in [-0.39, 0.29) is 5.82 Å². The summed E-state index contributed by atoms with van der Waals surface area (Å²) < 4.78 is 54.2. The summed E-state index contributed by atoms with van der Waals surface area (Å²) in [6.45, 7) is 0. The van der Waals surface area contributed by atoms with E-state index in [0.717, 1.165) is 12.1 Å². The third-order valence-electron chi connectivity index (χ3n) is 2.26. The maximum atomic E-state index is 12.9. The van der Waals surface area contributed by atoms with Crippen LogP contribution in [0.3, 0.4) is 0 Å². The molecule has 2 rings (SSSR count). The lowest BCUT2D eigenvalue weighted by molar-refractivity contribution is -0.159. The Morgan fingerprint density at radius 3 is 2.53 bits per heavy atom. The van der Waals surface area contributed by atoms with Crippen LogP contribution in [-0.2, 0) is 6.18 Å². The average molecular weight is 340 g/mol. The Morgan fingerprint density at radius 1 is 1.32 bits per heavy atom. The highest BCUT2D eigenvalue weighted by Crippen LogP contribution is 2.30. The van der Waals surface area contributed by atoms with Gasteiger partial charge in [0.05, 0.1) is 6.04 Å². The van der Waals surface area contributed by atoms with Crippen LogP contribution in [0, 0.1) is 5.82 Å². The van der Waals surface area contributed by atoms with Crippen LogP contribution in [0.2, 0.25) is 0 Å². The molecule has 1 heterocycles. The van der Waals surface area contributed by atoms with Gasteiger partial charge in [0.1, 0.15) is 5.82 Å². The summed E-state index contributed by atoms with van der Waals surface area (Å²) in [5, 5.41) is 3.18. The van der Waals surface area contributed by atoms with E-state index in [9.17, 15) is 17.6 Å². The van der Waals surface area contributed by atoms with E-state index in [4.69, 9.17) is 5.73 Å². The van der Waals surface area contributed by atoms with Gasteiger partial charge in [-0.3, -0.25) is 0 Å². The SMILES string of the molecule is NC(c1noc(C(F)(F)F)n1)c1ccc(F)cc1Br.